The van der Waals surface area contributed by atoms with E-state index < -0.39 is 17.2 Å². The van der Waals surface area contributed by atoms with Crippen LogP contribution in [0.4, 0.5) is 4.79 Å². The molecule has 1 saturated carbocycles. The lowest BCUT2D eigenvalue weighted by Gasteiger charge is -2.35. The molecule has 2 N–H and O–H groups in total. The first-order valence-electron chi connectivity index (χ1n) is 9.94. The molecule has 27 heavy (non-hydrogen) atoms. The van der Waals surface area contributed by atoms with Crippen LogP contribution in [0.3, 0.4) is 0 Å². The van der Waals surface area contributed by atoms with Crippen LogP contribution in [0.5, 0.6) is 0 Å². The van der Waals surface area contributed by atoms with Crippen LogP contribution >= 0.6 is 0 Å². The topological polar surface area (TPSA) is 85.3 Å². The summed E-state index contributed by atoms with van der Waals surface area (Å²) in [7, 11) is 0. The lowest BCUT2D eigenvalue weighted by atomic mass is 9.90. The molecule has 2 rings (SSSR count). The van der Waals surface area contributed by atoms with Gasteiger partial charge in [-0.05, 0) is 46.1 Å². The van der Waals surface area contributed by atoms with Gasteiger partial charge in [0.15, 0.2) is 0 Å². The van der Waals surface area contributed by atoms with Gasteiger partial charge in [0, 0.05) is 25.7 Å². The van der Waals surface area contributed by atoms with Gasteiger partial charge in [0.1, 0.15) is 5.60 Å². The van der Waals surface area contributed by atoms with Gasteiger partial charge < -0.3 is 15.4 Å². The van der Waals surface area contributed by atoms with Crippen molar-refractivity contribution in [2.45, 2.75) is 90.3 Å². The van der Waals surface area contributed by atoms with E-state index in [0.29, 0.717) is 19.5 Å². The Kier molecular flexibility index (Phi) is 7.27. The van der Waals surface area contributed by atoms with Crippen molar-refractivity contribution in [3.8, 4) is 0 Å². The number of nitrogens with one attached hydrogen (secondary N) is 2. The van der Waals surface area contributed by atoms with Gasteiger partial charge in [0.2, 0.25) is 5.91 Å². The quantitative estimate of drug-likeness (QED) is 0.744. The number of hydrogen-bond donors (Lipinski definition) is 2. The molecule has 7 heteroatoms. The molecule has 1 aliphatic carbocycles. The van der Waals surface area contributed by atoms with E-state index in [9.17, 15) is 9.59 Å². The van der Waals surface area contributed by atoms with Crippen LogP contribution in [0.2, 0.25) is 0 Å². The lowest BCUT2D eigenvalue weighted by molar-refractivity contribution is -0.121. The molecule has 2 amide bonds. The Labute approximate surface area is 162 Å². The van der Waals surface area contributed by atoms with Crippen LogP contribution in [0.1, 0.15) is 71.3 Å². The number of carbonyl (C=O) groups excluding carboxylic acids is 2. The van der Waals surface area contributed by atoms with Crippen molar-refractivity contribution in [2.75, 3.05) is 6.54 Å². The van der Waals surface area contributed by atoms with E-state index in [1.54, 1.807) is 10.9 Å². The van der Waals surface area contributed by atoms with Gasteiger partial charge in [-0.1, -0.05) is 25.7 Å². The minimum Gasteiger partial charge on any atom is -0.444 e. The van der Waals surface area contributed by atoms with E-state index >= 15 is 0 Å². The minimum absolute atomic E-state index is 0.0298. The van der Waals surface area contributed by atoms with Crippen LogP contribution in [0, 0.1) is 6.92 Å². The molecule has 0 bridgehead atoms. The summed E-state index contributed by atoms with van der Waals surface area (Å²) in [6, 6.07) is 0. The second-order valence-electron chi connectivity index (χ2n) is 8.63. The molecule has 1 aliphatic rings. The zero-order valence-electron chi connectivity index (χ0n) is 17.1. The van der Waals surface area contributed by atoms with Crippen molar-refractivity contribution < 1.29 is 14.3 Å². The fourth-order valence-electron chi connectivity index (χ4n) is 3.43. The normalized spacial score (nSPS) is 17.0. The number of hydrogen-bond acceptors (Lipinski definition) is 4. The predicted octanol–water partition coefficient (Wildman–Crippen LogP) is 3.32. The van der Waals surface area contributed by atoms with Crippen molar-refractivity contribution in [3.05, 3.63) is 18.0 Å². The maximum atomic E-state index is 12.3. The monoisotopic (exact) mass is 378 g/mol. The zero-order valence-corrected chi connectivity index (χ0v) is 17.1. The lowest BCUT2D eigenvalue weighted by Crippen LogP contribution is -2.56. The molecule has 1 aromatic rings. The minimum atomic E-state index is -0.541. The molecule has 1 aromatic heterocycles. The number of amides is 2. The van der Waals surface area contributed by atoms with Gasteiger partial charge in [0.25, 0.3) is 0 Å². The van der Waals surface area contributed by atoms with Gasteiger partial charge in [-0.2, -0.15) is 5.10 Å². The largest absolute Gasteiger partial charge is 0.444 e. The molecule has 1 fully saturated rings. The number of ether oxygens (including phenoxy) is 1. The number of alkyl carbamates (subject to hydrolysis) is 1. The highest BCUT2D eigenvalue weighted by Crippen LogP contribution is 2.27. The highest BCUT2D eigenvalue weighted by Gasteiger charge is 2.34. The van der Waals surface area contributed by atoms with E-state index in [4.69, 9.17) is 4.74 Å². The van der Waals surface area contributed by atoms with Crippen LogP contribution in [-0.4, -0.2) is 39.5 Å². The third-order valence-electron chi connectivity index (χ3n) is 4.78. The van der Waals surface area contributed by atoms with Crippen molar-refractivity contribution in [3.63, 3.8) is 0 Å². The average molecular weight is 379 g/mol. The smallest absolute Gasteiger partial charge is 0.408 e. The summed E-state index contributed by atoms with van der Waals surface area (Å²) < 4.78 is 7.22. The van der Waals surface area contributed by atoms with Gasteiger partial charge in [0.05, 0.1) is 11.7 Å². The molecule has 7 nitrogen and oxygen atoms in total. The first kappa shape index (κ1) is 21.3. The Morgan fingerprint density at radius 2 is 1.89 bits per heavy atom. The first-order chi connectivity index (χ1) is 12.7. The summed E-state index contributed by atoms with van der Waals surface area (Å²) in [5.41, 5.74) is 0.104. The number of aromatic nitrogens is 2. The second kappa shape index (κ2) is 9.24. The molecule has 0 radical (unpaired) electrons. The fourth-order valence-corrected chi connectivity index (χ4v) is 3.43. The van der Waals surface area contributed by atoms with Crippen LogP contribution in [-0.2, 0) is 16.1 Å². The summed E-state index contributed by atoms with van der Waals surface area (Å²) in [5, 5.41) is 10.3. The van der Waals surface area contributed by atoms with Crippen molar-refractivity contribution in [1.29, 1.82) is 0 Å². The summed E-state index contributed by atoms with van der Waals surface area (Å²) in [5.74, 6) is -0.0298. The molecule has 0 aliphatic heterocycles. The Bertz CT molecular complexity index is 625. The second-order valence-corrected chi connectivity index (χ2v) is 8.63. The van der Waals surface area contributed by atoms with Gasteiger partial charge >= 0.3 is 6.09 Å². The number of rotatable bonds is 6. The van der Waals surface area contributed by atoms with Gasteiger partial charge in [-0.25, -0.2) is 4.79 Å². The third-order valence-corrected chi connectivity index (χ3v) is 4.78. The Hall–Kier alpha value is -2.05. The van der Waals surface area contributed by atoms with Gasteiger partial charge in [-0.3, -0.25) is 9.48 Å². The number of nitrogens with zero attached hydrogens (tertiary/aromatic N) is 2. The first-order valence-corrected chi connectivity index (χ1v) is 9.94. The zero-order chi connectivity index (χ0) is 19.9. The summed E-state index contributed by atoms with van der Waals surface area (Å²) >= 11 is 0. The predicted molar refractivity (Wildman–Crippen MR) is 104 cm³/mol. The molecule has 0 spiro atoms. The molecular formula is C20H34N4O3. The van der Waals surface area contributed by atoms with E-state index in [2.05, 4.69) is 15.7 Å². The summed E-state index contributed by atoms with van der Waals surface area (Å²) in [6.07, 6.45) is 9.75. The SMILES string of the molecule is Cc1cnn(CCC(=O)NCC2(NC(=O)OC(C)(C)C)CCCCCC2)c1. The molecule has 0 saturated heterocycles. The van der Waals surface area contributed by atoms with Crippen molar-refractivity contribution in [2.24, 2.45) is 0 Å². The number of aryl methyl sites for hydroxylation is 2. The highest BCUT2D eigenvalue weighted by molar-refractivity contribution is 5.76. The molecule has 152 valence electrons. The van der Waals surface area contributed by atoms with E-state index in [0.717, 1.165) is 44.1 Å². The Morgan fingerprint density at radius 3 is 2.44 bits per heavy atom. The summed E-state index contributed by atoms with van der Waals surface area (Å²) in [4.78, 5) is 24.7. The Balaban J connectivity index is 1.90. The molecule has 0 atom stereocenters. The maximum Gasteiger partial charge on any atom is 0.408 e. The van der Waals surface area contributed by atoms with Crippen molar-refractivity contribution in [1.82, 2.24) is 20.4 Å². The van der Waals surface area contributed by atoms with E-state index in [1.807, 2.05) is 33.9 Å². The van der Waals surface area contributed by atoms with E-state index in [-0.39, 0.29) is 5.91 Å². The average Bonchev–Trinajstić information content (AvgIpc) is 2.84. The van der Waals surface area contributed by atoms with E-state index in [1.165, 1.54) is 0 Å². The third kappa shape index (κ3) is 7.61. The van der Waals surface area contributed by atoms with Gasteiger partial charge in [-0.15, -0.1) is 0 Å². The molecular weight excluding hydrogens is 344 g/mol. The summed E-state index contributed by atoms with van der Waals surface area (Å²) in [6.45, 7) is 8.51. The molecule has 0 aromatic carbocycles. The van der Waals surface area contributed by atoms with Crippen LogP contribution in [0.15, 0.2) is 12.4 Å². The molecule has 1 heterocycles. The molecule has 0 unspecified atom stereocenters. The highest BCUT2D eigenvalue weighted by atomic mass is 16.6. The standard InChI is InChI=1S/C20H34N4O3/c1-16-13-22-24(14-16)12-9-17(25)21-15-20(10-7-5-6-8-11-20)23-18(26)27-19(2,3)4/h13-14H,5-12,15H2,1-4H3,(H,21,25)(H,23,26). The fraction of sp³-hybridized carbons (Fsp3) is 0.750. The number of carbonyl (C=O) groups is 2. The van der Waals surface area contributed by atoms with Crippen LogP contribution in [0.25, 0.3) is 0 Å². The maximum absolute atomic E-state index is 12.3. The van der Waals surface area contributed by atoms with Crippen molar-refractivity contribution >= 4 is 12.0 Å². The van der Waals surface area contributed by atoms with Crippen LogP contribution < -0.4 is 10.6 Å². The Morgan fingerprint density at radius 1 is 1.22 bits per heavy atom.